The topological polar surface area (TPSA) is 28.1 Å². The van der Waals surface area contributed by atoms with E-state index in [0.717, 1.165) is 11.4 Å². The Bertz CT molecular complexity index is 822. The number of aliphatic imine (C=N–C) groups is 1. The second kappa shape index (κ2) is 3.95. The van der Waals surface area contributed by atoms with Gasteiger partial charge in [-0.2, -0.15) is 0 Å². The molecule has 0 bridgehead atoms. The summed E-state index contributed by atoms with van der Waals surface area (Å²) in [4.78, 5) is 7.82. The van der Waals surface area contributed by atoms with E-state index in [1.807, 2.05) is 24.5 Å². The van der Waals surface area contributed by atoms with Crippen LogP contribution in [-0.4, -0.2) is 11.2 Å². The van der Waals surface area contributed by atoms with Gasteiger partial charge in [0.1, 0.15) is 0 Å². The zero-order chi connectivity index (χ0) is 12.7. The number of benzene rings is 2. The van der Waals surface area contributed by atoms with Crippen molar-refractivity contribution in [3.8, 4) is 0 Å². The molecule has 1 N–H and O–H groups in total. The first-order valence-electron chi connectivity index (χ1n) is 6.33. The van der Waals surface area contributed by atoms with Crippen LogP contribution in [0.1, 0.15) is 16.8 Å². The van der Waals surface area contributed by atoms with Gasteiger partial charge in [0.15, 0.2) is 0 Å². The summed E-state index contributed by atoms with van der Waals surface area (Å²) in [6, 6.07) is 16.6. The maximum atomic E-state index is 4.50. The third kappa shape index (κ3) is 1.61. The highest BCUT2D eigenvalue weighted by molar-refractivity contribution is 6.03. The molecule has 0 radical (unpaired) electrons. The van der Waals surface area contributed by atoms with E-state index >= 15 is 0 Å². The normalized spacial score (nSPS) is 15.3. The van der Waals surface area contributed by atoms with Crippen molar-refractivity contribution >= 4 is 28.8 Å². The molecule has 2 heteroatoms. The van der Waals surface area contributed by atoms with Crippen molar-refractivity contribution in [2.24, 2.45) is 4.99 Å². The van der Waals surface area contributed by atoms with Crippen molar-refractivity contribution in [1.82, 2.24) is 4.98 Å². The van der Waals surface area contributed by atoms with Crippen LogP contribution in [0.3, 0.4) is 0 Å². The van der Waals surface area contributed by atoms with Crippen LogP contribution in [-0.2, 0) is 0 Å². The predicted octanol–water partition coefficient (Wildman–Crippen LogP) is 4.10. The average molecular weight is 244 g/mol. The van der Waals surface area contributed by atoms with E-state index in [9.17, 15) is 0 Å². The van der Waals surface area contributed by atoms with Gasteiger partial charge in [0.25, 0.3) is 0 Å². The molecule has 0 saturated heterocycles. The smallest absolute Gasteiger partial charge is 0.0729 e. The quantitative estimate of drug-likeness (QED) is 0.667. The summed E-state index contributed by atoms with van der Waals surface area (Å²) in [5.41, 5.74) is 4.51. The zero-order valence-corrected chi connectivity index (χ0v) is 10.3. The molecule has 3 aromatic rings. The fourth-order valence-corrected chi connectivity index (χ4v) is 2.52. The lowest BCUT2D eigenvalue weighted by Crippen LogP contribution is -1.82. The highest BCUT2D eigenvalue weighted by Gasteiger charge is 2.11. The van der Waals surface area contributed by atoms with Gasteiger partial charge < -0.3 is 4.98 Å². The number of nitrogens with zero attached hydrogens (tertiary/aromatic N) is 1. The molecule has 0 amide bonds. The molecular weight excluding hydrogens is 232 g/mol. The minimum absolute atomic E-state index is 1.02. The lowest BCUT2D eigenvalue weighted by molar-refractivity contribution is 1.39. The molecule has 0 aliphatic carbocycles. The van der Waals surface area contributed by atoms with E-state index < -0.39 is 0 Å². The summed E-state index contributed by atoms with van der Waals surface area (Å²) < 4.78 is 0. The van der Waals surface area contributed by atoms with Crippen LogP contribution in [0.4, 0.5) is 0 Å². The van der Waals surface area contributed by atoms with Gasteiger partial charge in [-0.3, -0.25) is 4.99 Å². The Hall–Kier alpha value is -2.61. The Kier molecular flexibility index (Phi) is 2.15. The number of fused-ring (bicyclic) bond motifs is 2. The Labute approximate surface area is 111 Å². The molecule has 1 aromatic heterocycles. The SMILES string of the molecule is C1=N/C(=C\c2[nH]cc3ccccc23)c2ccccc21. The van der Waals surface area contributed by atoms with E-state index in [1.54, 1.807) is 0 Å². The highest BCUT2D eigenvalue weighted by atomic mass is 14.8. The minimum atomic E-state index is 1.02. The molecule has 0 unspecified atom stereocenters. The number of H-pyrrole nitrogens is 1. The van der Waals surface area contributed by atoms with Gasteiger partial charge in [0, 0.05) is 34.6 Å². The third-order valence-corrected chi connectivity index (χ3v) is 3.49. The van der Waals surface area contributed by atoms with Crippen molar-refractivity contribution in [2.75, 3.05) is 0 Å². The van der Waals surface area contributed by atoms with Crippen molar-refractivity contribution in [3.05, 3.63) is 71.5 Å². The molecule has 0 atom stereocenters. The number of hydrogen-bond donors (Lipinski definition) is 1. The molecule has 1 aliphatic heterocycles. The van der Waals surface area contributed by atoms with Gasteiger partial charge >= 0.3 is 0 Å². The van der Waals surface area contributed by atoms with E-state index in [-0.39, 0.29) is 0 Å². The lowest BCUT2D eigenvalue weighted by Gasteiger charge is -1.99. The number of hydrogen-bond acceptors (Lipinski definition) is 1. The molecule has 2 nitrogen and oxygen atoms in total. The first-order valence-corrected chi connectivity index (χ1v) is 6.33. The fourth-order valence-electron chi connectivity index (χ4n) is 2.52. The third-order valence-electron chi connectivity index (χ3n) is 3.49. The Morgan fingerprint density at radius 1 is 0.947 bits per heavy atom. The lowest BCUT2D eigenvalue weighted by atomic mass is 10.1. The van der Waals surface area contributed by atoms with Gasteiger partial charge in [-0.15, -0.1) is 0 Å². The highest BCUT2D eigenvalue weighted by Crippen LogP contribution is 2.29. The molecule has 0 saturated carbocycles. The van der Waals surface area contributed by atoms with Crippen LogP contribution >= 0.6 is 0 Å². The van der Waals surface area contributed by atoms with Gasteiger partial charge in [0.2, 0.25) is 0 Å². The molecule has 4 rings (SSSR count). The van der Waals surface area contributed by atoms with Crippen LogP contribution in [0.2, 0.25) is 0 Å². The van der Waals surface area contributed by atoms with Crippen molar-refractivity contribution in [2.45, 2.75) is 0 Å². The standard InChI is InChI=1S/C17H12N2/c1-3-7-14-12(5-1)10-18-16(14)9-17-15-8-4-2-6-13(15)11-19-17/h1-11,18H/b17-9-. The number of aromatic amines is 1. The van der Waals surface area contributed by atoms with E-state index in [1.165, 1.54) is 21.9 Å². The second-order valence-electron chi connectivity index (χ2n) is 4.66. The zero-order valence-electron chi connectivity index (χ0n) is 10.3. The van der Waals surface area contributed by atoms with Crippen molar-refractivity contribution < 1.29 is 0 Å². The van der Waals surface area contributed by atoms with E-state index in [2.05, 4.69) is 52.5 Å². The summed E-state index contributed by atoms with van der Waals surface area (Å²) in [6.07, 6.45) is 6.07. The monoisotopic (exact) mass is 244 g/mol. The predicted molar refractivity (Wildman–Crippen MR) is 80.2 cm³/mol. The Balaban J connectivity index is 1.88. The molecule has 2 heterocycles. The summed E-state index contributed by atoms with van der Waals surface area (Å²) in [5.74, 6) is 0. The van der Waals surface area contributed by atoms with Crippen molar-refractivity contribution in [1.29, 1.82) is 0 Å². The number of aromatic nitrogens is 1. The van der Waals surface area contributed by atoms with Gasteiger partial charge in [0.05, 0.1) is 5.70 Å². The Morgan fingerprint density at radius 2 is 1.79 bits per heavy atom. The molecule has 90 valence electrons. The molecule has 2 aromatic carbocycles. The average Bonchev–Trinajstić information content (AvgIpc) is 3.05. The number of nitrogens with one attached hydrogen (secondary N) is 1. The summed E-state index contributed by atoms with van der Waals surface area (Å²) in [6.45, 7) is 0. The molecule has 1 aliphatic rings. The van der Waals surface area contributed by atoms with E-state index in [0.29, 0.717) is 0 Å². The Morgan fingerprint density at radius 3 is 2.79 bits per heavy atom. The maximum absolute atomic E-state index is 4.50. The van der Waals surface area contributed by atoms with Crippen molar-refractivity contribution in [3.63, 3.8) is 0 Å². The fraction of sp³-hybridized carbons (Fsp3) is 0. The molecule has 0 fully saturated rings. The van der Waals surface area contributed by atoms with Gasteiger partial charge in [-0.25, -0.2) is 0 Å². The summed E-state index contributed by atoms with van der Waals surface area (Å²) in [5, 5.41) is 2.46. The summed E-state index contributed by atoms with van der Waals surface area (Å²) >= 11 is 0. The molecular formula is C17H12N2. The van der Waals surface area contributed by atoms with Crippen LogP contribution in [0.15, 0.2) is 59.7 Å². The maximum Gasteiger partial charge on any atom is 0.0729 e. The van der Waals surface area contributed by atoms with Crippen LogP contribution in [0.25, 0.3) is 22.5 Å². The number of rotatable bonds is 1. The molecule has 19 heavy (non-hydrogen) atoms. The summed E-state index contributed by atoms with van der Waals surface area (Å²) in [7, 11) is 0. The largest absolute Gasteiger partial charge is 0.361 e. The van der Waals surface area contributed by atoms with Crippen LogP contribution in [0, 0.1) is 0 Å². The second-order valence-corrected chi connectivity index (χ2v) is 4.66. The van der Waals surface area contributed by atoms with Crippen LogP contribution in [0.5, 0.6) is 0 Å². The minimum Gasteiger partial charge on any atom is -0.361 e. The molecule has 0 spiro atoms. The van der Waals surface area contributed by atoms with Gasteiger partial charge in [-0.1, -0.05) is 48.5 Å². The van der Waals surface area contributed by atoms with Gasteiger partial charge in [-0.05, 0) is 11.5 Å². The van der Waals surface area contributed by atoms with E-state index in [4.69, 9.17) is 0 Å². The first kappa shape index (κ1) is 10.3. The first-order chi connectivity index (χ1) is 9.42. The van der Waals surface area contributed by atoms with Crippen LogP contribution < -0.4 is 0 Å².